The van der Waals surface area contributed by atoms with Crippen LogP contribution in [0.15, 0.2) is 30.5 Å². The van der Waals surface area contributed by atoms with Crippen LogP contribution in [-0.4, -0.2) is 26.9 Å². The second-order valence-electron chi connectivity index (χ2n) is 6.06. The summed E-state index contributed by atoms with van der Waals surface area (Å²) in [5.41, 5.74) is -0.0971. The average molecular weight is 488 g/mol. The van der Waals surface area contributed by atoms with Crippen LogP contribution < -0.4 is 10.6 Å². The molecule has 1 aliphatic rings. The Kier molecular flexibility index (Phi) is 5.53. The van der Waals surface area contributed by atoms with Crippen molar-refractivity contribution < 1.29 is 23.5 Å². The zero-order valence-corrected chi connectivity index (χ0v) is 16.0. The first-order valence-electron chi connectivity index (χ1n) is 8.05. The lowest BCUT2D eigenvalue weighted by atomic mass is 10.1. The Morgan fingerprint density at radius 2 is 2.04 bits per heavy atom. The topological polar surface area (TPSA) is 104 Å². The monoisotopic (exact) mass is 488 g/mol. The van der Waals surface area contributed by atoms with Crippen molar-refractivity contribution in [1.29, 1.82) is 0 Å². The normalized spacial score (nSPS) is 13.9. The molecule has 7 nitrogen and oxygen atoms in total. The number of carbonyl (C=O) groups excluding carboxylic acids is 2. The van der Waals surface area contributed by atoms with E-state index in [1.165, 1.54) is 18.3 Å². The molecule has 0 saturated heterocycles. The summed E-state index contributed by atoms with van der Waals surface area (Å²) in [6.45, 7) is -0.0351. The van der Waals surface area contributed by atoms with E-state index in [1.807, 2.05) is 0 Å². The van der Waals surface area contributed by atoms with E-state index in [-0.39, 0.29) is 30.0 Å². The van der Waals surface area contributed by atoms with Gasteiger partial charge in [-0.05, 0) is 36.6 Å². The van der Waals surface area contributed by atoms with E-state index in [1.54, 1.807) is 0 Å². The molecule has 1 aliphatic carbocycles. The molecule has 0 unspecified atom stereocenters. The zero-order chi connectivity index (χ0) is 19.6. The zero-order valence-electron chi connectivity index (χ0n) is 13.9. The van der Waals surface area contributed by atoms with Crippen molar-refractivity contribution in [1.82, 2.24) is 15.3 Å². The molecule has 2 aromatic rings. The number of alkyl halides is 3. The van der Waals surface area contributed by atoms with E-state index in [2.05, 4.69) is 20.6 Å². The highest BCUT2D eigenvalue weighted by Crippen LogP contribution is 2.40. The fourth-order valence-corrected chi connectivity index (χ4v) is 2.73. The van der Waals surface area contributed by atoms with Gasteiger partial charge in [0.15, 0.2) is 0 Å². The fourth-order valence-electron chi connectivity index (χ4n) is 2.30. The smallest absolute Gasteiger partial charge is 0.325 e. The minimum Gasteiger partial charge on any atom is -0.507 e. The fraction of sp³-hybridized carbons (Fsp3) is 0.294. The number of amides is 2. The van der Waals surface area contributed by atoms with Gasteiger partial charge in [-0.3, -0.25) is 14.9 Å². The third-order valence-electron chi connectivity index (χ3n) is 3.89. The first-order valence-corrected chi connectivity index (χ1v) is 9.13. The second-order valence-corrected chi connectivity index (χ2v) is 7.42. The number of halogens is 3. The van der Waals surface area contributed by atoms with Gasteiger partial charge >= 0.3 is 3.93 Å². The van der Waals surface area contributed by atoms with E-state index < -0.39 is 21.1 Å². The average Bonchev–Trinajstić information content (AvgIpc) is 3.45. The van der Waals surface area contributed by atoms with Crippen LogP contribution in [0.3, 0.4) is 0 Å². The number of anilines is 1. The highest BCUT2D eigenvalue weighted by atomic mass is 127. The lowest BCUT2D eigenvalue weighted by molar-refractivity contribution is -0.117. The van der Waals surface area contributed by atoms with Crippen LogP contribution in [-0.2, 0) is 15.3 Å². The maximum Gasteiger partial charge on any atom is 0.325 e. The summed E-state index contributed by atoms with van der Waals surface area (Å²) >= 11 is 0.926. The molecule has 142 valence electrons. The van der Waals surface area contributed by atoms with Crippen molar-refractivity contribution in [2.45, 2.75) is 23.3 Å². The van der Waals surface area contributed by atoms with E-state index >= 15 is 0 Å². The van der Waals surface area contributed by atoms with Gasteiger partial charge in [0.1, 0.15) is 11.4 Å². The molecule has 3 N–H and O–H groups in total. The summed E-state index contributed by atoms with van der Waals surface area (Å²) in [5.74, 6) is -1.22. The number of phenols is 1. The quantitative estimate of drug-likeness (QED) is 0.429. The van der Waals surface area contributed by atoms with Crippen molar-refractivity contribution in [2.24, 2.45) is 5.92 Å². The maximum absolute atomic E-state index is 13.5. The van der Waals surface area contributed by atoms with Crippen molar-refractivity contribution in [2.75, 3.05) is 5.32 Å². The Hall–Kier alpha value is -2.37. The van der Waals surface area contributed by atoms with Crippen LogP contribution in [0.4, 0.5) is 14.7 Å². The van der Waals surface area contributed by atoms with Gasteiger partial charge in [-0.2, -0.15) is 8.78 Å². The first-order chi connectivity index (χ1) is 12.7. The lowest BCUT2D eigenvalue weighted by Crippen LogP contribution is -2.25. The summed E-state index contributed by atoms with van der Waals surface area (Å²) < 4.78 is 23.7. The number of nitrogens with zero attached hydrogens (tertiary/aromatic N) is 2. The van der Waals surface area contributed by atoms with Gasteiger partial charge in [0, 0.05) is 41.3 Å². The standard InChI is InChI=1S/C17H15F2IN4O3/c18-17(19,20)11-7-9(1-4-13(11)25)8-22-15(27)12-5-6-21-16(23-12)24-14(26)10-2-3-10/h1,4-7,10,25H,2-3,8H2,(H,22,27)(H,21,23,24,26). The van der Waals surface area contributed by atoms with Crippen LogP contribution in [0.25, 0.3) is 0 Å². The molecule has 1 aromatic heterocycles. The number of rotatable bonds is 6. The molecule has 1 fully saturated rings. The molecular formula is C17H15F2IN4O3. The maximum atomic E-state index is 13.5. The van der Waals surface area contributed by atoms with E-state index in [0.29, 0.717) is 5.56 Å². The Bertz CT molecular complexity index is 885. The van der Waals surface area contributed by atoms with Crippen LogP contribution in [0.1, 0.15) is 34.5 Å². The number of phenolic OH excluding ortho intramolecular Hbond substituents is 1. The molecule has 0 atom stereocenters. The molecule has 10 heteroatoms. The molecule has 0 bridgehead atoms. The van der Waals surface area contributed by atoms with Gasteiger partial charge in [-0.25, -0.2) is 9.97 Å². The lowest BCUT2D eigenvalue weighted by Gasteiger charge is -2.13. The van der Waals surface area contributed by atoms with Crippen molar-refractivity contribution >= 4 is 40.4 Å². The third kappa shape index (κ3) is 5.08. The number of hydrogen-bond acceptors (Lipinski definition) is 5. The minimum absolute atomic E-state index is 0.0224. The van der Waals surface area contributed by atoms with Gasteiger partial charge < -0.3 is 10.4 Å². The largest absolute Gasteiger partial charge is 0.507 e. The molecule has 1 heterocycles. The van der Waals surface area contributed by atoms with Crippen LogP contribution in [0.2, 0.25) is 0 Å². The second kappa shape index (κ2) is 7.71. The van der Waals surface area contributed by atoms with Gasteiger partial charge in [-0.15, -0.1) is 0 Å². The number of carbonyl (C=O) groups is 2. The molecule has 2 amide bonds. The van der Waals surface area contributed by atoms with Crippen molar-refractivity contribution in [3.05, 3.63) is 47.3 Å². The van der Waals surface area contributed by atoms with Gasteiger partial charge in [0.2, 0.25) is 11.9 Å². The molecule has 1 saturated carbocycles. The molecular weight excluding hydrogens is 473 g/mol. The Balaban J connectivity index is 1.65. The summed E-state index contributed by atoms with van der Waals surface area (Å²) in [5, 5.41) is 14.7. The molecule has 0 radical (unpaired) electrons. The highest BCUT2D eigenvalue weighted by Gasteiger charge is 2.31. The summed E-state index contributed by atoms with van der Waals surface area (Å²) in [6.07, 6.45) is 3.01. The molecule has 27 heavy (non-hydrogen) atoms. The van der Waals surface area contributed by atoms with Crippen molar-refractivity contribution in [3.63, 3.8) is 0 Å². The molecule has 0 spiro atoms. The Labute approximate surface area is 166 Å². The first kappa shape index (κ1) is 19.4. The predicted molar refractivity (Wildman–Crippen MR) is 101 cm³/mol. The van der Waals surface area contributed by atoms with E-state index in [9.17, 15) is 23.5 Å². The summed E-state index contributed by atoms with van der Waals surface area (Å²) in [7, 11) is 0. The van der Waals surface area contributed by atoms with Gasteiger partial charge in [-0.1, -0.05) is 6.07 Å². The number of aromatic hydroxyl groups is 1. The number of benzene rings is 1. The number of hydrogen-bond donors (Lipinski definition) is 3. The third-order valence-corrected chi connectivity index (χ3v) is 4.47. The van der Waals surface area contributed by atoms with E-state index in [0.717, 1.165) is 47.6 Å². The van der Waals surface area contributed by atoms with Crippen LogP contribution >= 0.6 is 22.6 Å². The van der Waals surface area contributed by atoms with Crippen LogP contribution in [0, 0.1) is 5.92 Å². The Morgan fingerprint density at radius 1 is 1.30 bits per heavy atom. The minimum atomic E-state index is -3.23. The van der Waals surface area contributed by atoms with Crippen LogP contribution in [0.5, 0.6) is 5.75 Å². The number of aromatic nitrogens is 2. The summed E-state index contributed by atoms with van der Waals surface area (Å²) in [6, 6.07) is 5.09. The molecule has 3 rings (SSSR count). The Morgan fingerprint density at radius 3 is 2.70 bits per heavy atom. The summed E-state index contributed by atoms with van der Waals surface area (Å²) in [4.78, 5) is 31.9. The van der Waals surface area contributed by atoms with Gasteiger partial charge in [0.05, 0.1) is 5.56 Å². The SMILES string of the molecule is O=C(NCc1ccc(O)c(C(F)(F)I)c1)c1ccnc(NC(=O)C2CC2)n1. The highest BCUT2D eigenvalue weighted by molar-refractivity contribution is 14.1. The number of nitrogens with one attached hydrogen (secondary N) is 2. The molecule has 1 aromatic carbocycles. The predicted octanol–water partition coefficient (Wildman–Crippen LogP) is 2.95. The van der Waals surface area contributed by atoms with E-state index in [4.69, 9.17) is 0 Å². The van der Waals surface area contributed by atoms with Gasteiger partial charge in [0.25, 0.3) is 5.91 Å². The molecule has 0 aliphatic heterocycles. The van der Waals surface area contributed by atoms with Crippen molar-refractivity contribution in [3.8, 4) is 5.75 Å².